The van der Waals surface area contributed by atoms with E-state index in [0.717, 1.165) is 13.0 Å². The minimum Gasteiger partial charge on any atom is -0.381 e. The second-order valence-electron chi connectivity index (χ2n) is 4.38. The van der Waals surface area contributed by atoms with E-state index in [1.54, 1.807) is 12.1 Å². The van der Waals surface area contributed by atoms with Gasteiger partial charge in [-0.25, -0.2) is 4.39 Å². The minimum atomic E-state index is -0.324. The van der Waals surface area contributed by atoms with Gasteiger partial charge < -0.3 is 4.74 Å². The van der Waals surface area contributed by atoms with Gasteiger partial charge in [-0.3, -0.25) is 4.79 Å². The highest BCUT2D eigenvalue weighted by Gasteiger charge is 2.19. The summed E-state index contributed by atoms with van der Waals surface area (Å²) in [6.45, 7) is 1.40. The molecule has 0 aliphatic carbocycles. The summed E-state index contributed by atoms with van der Waals surface area (Å²) in [6, 6.07) is 4.80. The number of benzene rings is 1. The second kappa shape index (κ2) is 5.74. The first-order chi connectivity index (χ1) is 8.15. The van der Waals surface area contributed by atoms with E-state index in [1.165, 1.54) is 6.07 Å². The molecule has 1 atom stereocenters. The van der Waals surface area contributed by atoms with Crippen molar-refractivity contribution in [2.45, 2.75) is 19.3 Å². The third-order valence-corrected chi connectivity index (χ3v) is 3.44. The first-order valence-electron chi connectivity index (χ1n) is 5.68. The average molecular weight is 301 g/mol. The Bertz CT molecular complexity index is 414. The summed E-state index contributed by atoms with van der Waals surface area (Å²) in [5.74, 6) is 0.0816. The van der Waals surface area contributed by atoms with Crippen LogP contribution in [0.25, 0.3) is 0 Å². The van der Waals surface area contributed by atoms with Gasteiger partial charge in [-0.2, -0.15) is 0 Å². The molecule has 1 aliphatic rings. The van der Waals surface area contributed by atoms with Crippen LogP contribution < -0.4 is 0 Å². The molecule has 1 saturated heterocycles. The molecule has 0 spiro atoms. The Kier molecular flexibility index (Phi) is 4.29. The molecule has 1 unspecified atom stereocenters. The molecule has 0 saturated carbocycles. The Hall–Kier alpha value is -0.740. The van der Waals surface area contributed by atoms with Crippen molar-refractivity contribution < 1.29 is 13.9 Å². The molecule has 0 amide bonds. The smallest absolute Gasteiger partial charge is 0.137 e. The highest BCUT2D eigenvalue weighted by Crippen LogP contribution is 2.20. The quantitative estimate of drug-likeness (QED) is 0.854. The zero-order valence-corrected chi connectivity index (χ0v) is 11.0. The van der Waals surface area contributed by atoms with Gasteiger partial charge >= 0.3 is 0 Å². The van der Waals surface area contributed by atoms with Gasteiger partial charge in [0.25, 0.3) is 0 Å². The monoisotopic (exact) mass is 300 g/mol. The van der Waals surface area contributed by atoms with Crippen molar-refractivity contribution in [3.05, 3.63) is 34.1 Å². The molecular formula is C13H14BrFO2. The molecule has 92 valence electrons. The first-order valence-corrected chi connectivity index (χ1v) is 6.48. The minimum absolute atomic E-state index is 0.0849. The van der Waals surface area contributed by atoms with Crippen LogP contribution in [0.3, 0.4) is 0 Å². The number of ether oxygens (including phenoxy) is 1. The summed E-state index contributed by atoms with van der Waals surface area (Å²) in [5, 5.41) is 0. The van der Waals surface area contributed by atoms with Gasteiger partial charge in [0.2, 0.25) is 0 Å². The molecule has 1 aliphatic heterocycles. The van der Waals surface area contributed by atoms with Crippen molar-refractivity contribution in [3.8, 4) is 0 Å². The summed E-state index contributed by atoms with van der Waals surface area (Å²) in [4.78, 5) is 11.8. The summed E-state index contributed by atoms with van der Waals surface area (Å²) in [6.07, 6.45) is 1.61. The van der Waals surface area contributed by atoms with E-state index in [0.29, 0.717) is 29.0 Å². The van der Waals surface area contributed by atoms with Gasteiger partial charge in [0.05, 0.1) is 0 Å². The zero-order valence-electron chi connectivity index (χ0n) is 9.42. The number of carbonyl (C=O) groups excluding carboxylic acids is 1. The maximum Gasteiger partial charge on any atom is 0.137 e. The molecule has 4 heteroatoms. The predicted molar refractivity (Wildman–Crippen MR) is 66.4 cm³/mol. The van der Waals surface area contributed by atoms with Crippen LogP contribution in [0.2, 0.25) is 0 Å². The second-order valence-corrected chi connectivity index (χ2v) is 5.30. The number of halogens is 2. The van der Waals surface area contributed by atoms with E-state index in [4.69, 9.17) is 4.74 Å². The van der Waals surface area contributed by atoms with Crippen LogP contribution in [0.4, 0.5) is 4.39 Å². The molecule has 1 heterocycles. The average Bonchev–Trinajstić information content (AvgIpc) is 2.75. The number of Topliss-reactive ketones (excluding diaryl/α,β-unsaturated/α-hetero) is 1. The molecule has 1 fully saturated rings. The summed E-state index contributed by atoms with van der Waals surface area (Å²) < 4.78 is 19.4. The Morgan fingerprint density at radius 3 is 3.00 bits per heavy atom. The maximum atomic E-state index is 13.5. The third-order valence-electron chi connectivity index (χ3n) is 2.94. The number of hydrogen-bond acceptors (Lipinski definition) is 2. The van der Waals surface area contributed by atoms with Crippen molar-refractivity contribution in [2.24, 2.45) is 5.92 Å². The Balaban J connectivity index is 1.93. The van der Waals surface area contributed by atoms with Gasteiger partial charge in [0.1, 0.15) is 11.6 Å². The maximum absolute atomic E-state index is 13.5. The molecule has 2 rings (SSSR count). The van der Waals surface area contributed by atoms with Gasteiger partial charge in [-0.15, -0.1) is 0 Å². The van der Waals surface area contributed by atoms with Gasteiger partial charge in [0, 0.05) is 30.5 Å². The van der Waals surface area contributed by atoms with Crippen LogP contribution in [-0.2, 0) is 16.0 Å². The van der Waals surface area contributed by atoms with Crippen molar-refractivity contribution in [1.29, 1.82) is 0 Å². The fourth-order valence-corrected chi connectivity index (χ4v) is 2.35. The lowest BCUT2D eigenvalue weighted by atomic mass is 9.98. The summed E-state index contributed by atoms with van der Waals surface area (Å²) in [7, 11) is 0. The lowest BCUT2D eigenvalue weighted by Crippen LogP contribution is -2.11. The summed E-state index contributed by atoms with van der Waals surface area (Å²) >= 11 is 3.19. The van der Waals surface area contributed by atoms with Gasteiger partial charge in [0.15, 0.2) is 0 Å². The molecule has 1 aromatic rings. The van der Waals surface area contributed by atoms with Crippen molar-refractivity contribution >= 4 is 21.7 Å². The van der Waals surface area contributed by atoms with E-state index in [-0.39, 0.29) is 18.0 Å². The highest BCUT2D eigenvalue weighted by atomic mass is 79.9. The molecule has 0 bridgehead atoms. The molecule has 2 nitrogen and oxygen atoms in total. The van der Waals surface area contributed by atoms with E-state index < -0.39 is 0 Å². The molecular weight excluding hydrogens is 287 g/mol. The van der Waals surface area contributed by atoms with Crippen LogP contribution in [0.1, 0.15) is 18.4 Å². The Morgan fingerprint density at radius 2 is 2.35 bits per heavy atom. The lowest BCUT2D eigenvalue weighted by Gasteiger charge is -2.07. The predicted octanol–water partition coefficient (Wildman–Crippen LogP) is 3.13. The lowest BCUT2D eigenvalue weighted by molar-refractivity contribution is -0.119. The van der Waals surface area contributed by atoms with E-state index >= 15 is 0 Å². The van der Waals surface area contributed by atoms with E-state index in [2.05, 4.69) is 15.9 Å². The van der Waals surface area contributed by atoms with Crippen LogP contribution >= 0.6 is 15.9 Å². The molecule has 0 radical (unpaired) electrons. The van der Waals surface area contributed by atoms with Crippen molar-refractivity contribution in [2.75, 3.05) is 13.2 Å². The Morgan fingerprint density at radius 1 is 1.53 bits per heavy atom. The van der Waals surface area contributed by atoms with Gasteiger partial charge in [-0.1, -0.05) is 22.0 Å². The normalized spacial score (nSPS) is 19.5. The molecule has 1 aromatic carbocycles. The standard InChI is InChI=1S/C13H14BrFO2/c14-11-2-1-10(13(15)7-11)6-12(16)5-9-3-4-17-8-9/h1-2,7,9H,3-6,8H2. The van der Waals surface area contributed by atoms with E-state index in [1.807, 2.05) is 0 Å². The zero-order chi connectivity index (χ0) is 12.3. The van der Waals surface area contributed by atoms with Crippen LogP contribution in [0.15, 0.2) is 22.7 Å². The topological polar surface area (TPSA) is 26.3 Å². The van der Waals surface area contributed by atoms with Crippen LogP contribution in [-0.4, -0.2) is 19.0 Å². The Labute approximate surface area is 108 Å². The number of carbonyl (C=O) groups is 1. The highest BCUT2D eigenvalue weighted by molar-refractivity contribution is 9.10. The number of ketones is 1. The molecule has 17 heavy (non-hydrogen) atoms. The van der Waals surface area contributed by atoms with Gasteiger partial charge in [-0.05, 0) is 30.0 Å². The SMILES string of the molecule is O=C(Cc1ccc(Br)cc1F)CC1CCOC1. The first kappa shape index (κ1) is 12.7. The number of rotatable bonds is 4. The van der Waals surface area contributed by atoms with Crippen molar-refractivity contribution in [1.82, 2.24) is 0 Å². The molecule has 0 N–H and O–H groups in total. The number of hydrogen-bond donors (Lipinski definition) is 0. The fourth-order valence-electron chi connectivity index (χ4n) is 2.02. The van der Waals surface area contributed by atoms with Crippen molar-refractivity contribution in [3.63, 3.8) is 0 Å². The van der Waals surface area contributed by atoms with E-state index in [9.17, 15) is 9.18 Å². The fraction of sp³-hybridized carbons (Fsp3) is 0.462. The molecule has 0 aromatic heterocycles. The van der Waals surface area contributed by atoms with Crippen LogP contribution in [0.5, 0.6) is 0 Å². The third kappa shape index (κ3) is 3.61. The largest absolute Gasteiger partial charge is 0.381 e. The van der Waals surface area contributed by atoms with Crippen LogP contribution in [0, 0.1) is 11.7 Å². The summed E-state index contributed by atoms with van der Waals surface area (Å²) in [5.41, 5.74) is 0.470.